The standard InChI is InChI=1S/C16H25NO4/c1-4-5-8-20-16(18)11-21-14-7-6-13(9-12(2)17)10-15(14)19-3/h6-7,10,12H,4-5,8-9,11,17H2,1-3H3. The third kappa shape index (κ3) is 6.49. The van der Waals surface area contributed by atoms with E-state index >= 15 is 0 Å². The molecule has 21 heavy (non-hydrogen) atoms. The zero-order valence-electron chi connectivity index (χ0n) is 13.1. The number of carbonyl (C=O) groups excluding carboxylic acids is 1. The minimum absolute atomic E-state index is 0.0787. The summed E-state index contributed by atoms with van der Waals surface area (Å²) in [5.74, 6) is 0.748. The van der Waals surface area contributed by atoms with E-state index in [1.807, 2.05) is 26.0 Å². The van der Waals surface area contributed by atoms with E-state index in [2.05, 4.69) is 0 Å². The maximum absolute atomic E-state index is 11.5. The van der Waals surface area contributed by atoms with Crippen molar-refractivity contribution in [3.63, 3.8) is 0 Å². The van der Waals surface area contributed by atoms with Crippen molar-refractivity contribution in [1.82, 2.24) is 0 Å². The lowest BCUT2D eigenvalue weighted by Gasteiger charge is -2.13. The molecule has 5 heteroatoms. The molecular formula is C16H25NO4. The van der Waals surface area contributed by atoms with Crippen molar-refractivity contribution in [3.05, 3.63) is 23.8 Å². The lowest BCUT2D eigenvalue weighted by atomic mass is 10.1. The minimum Gasteiger partial charge on any atom is -0.493 e. The number of benzene rings is 1. The lowest BCUT2D eigenvalue weighted by Crippen LogP contribution is -2.18. The quantitative estimate of drug-likeness (QED) is 0.559. The normalized spacial score (nSPS) is 11.8. The van der Waals surface area contributed by atoms with Gasteiger partial charge in [0.2, 0.25) is 0 Å². The van der Waals surface area contributed by atoms with Gasteiger partial charge < -0.3 is 19.9 Å². The second-order valence-corrected chi connectivity index (χ2v) is 5.03. The van der Waals surface area contributed by atoms with Crippen molar-refractivity contribution in [1.29, 1.82) is 0 Å². The van der Waals surface area contributed by atoms with Gasteiger partial charge in [-0.25, -0.2) is 4.79 Å². The van der Waals surface area contributed by atoms with Gasteiger partial charge in [-0.3, -0.25) is 0 Å². The average Bonchev–Trinajstić information content (AvgIpc) is 2.45. The summed E-state index contributed by atoms with van der Waals surface area (Å²) >= 11 is 0. The molecular weight excluding hydrogens is 270 g/mol. The van der Waals surface area contributed by atoms with Gasteiger partial charge in [0, 0.05) is 6.04 Å². The molecule has 118 valence electrons. The number of carbonyl (C=O) groups is 1. The molecule has 0 aromatic heterocycles. The van der Waals surface area contributed by atoms with E-state index in [0.717, 1.165) is 24.8 Å². The highest BCUT2D eigenvalue weighted by Crippen LogP contribution is 2.28. The first-order valence-corrected chi connectivity index (χ1v) is 7.27. The van der Waals surface area contributed by atoms with Gasteiger partial charge in [-0.15, -0.1) is 0 Å². The Morgan fingerprint density at radius 3 is 2.71 bits per heavy atom. The fourth-order valence-corrected chi connectivity index (χ4v) is 1.84. The van der Waals surface area contributed by atoms with Crippen LogP contribution in [0.15, 0.2) is 18.2 Å². The summed E-state index contributed by atoms with van der Waals surface area (Å²) in [6.07, 6.45) is 2.61. The molecule has 1 aromatic rings. The molecule has 0 aliphatic heterocycles. The van der Waals surface area contributed by atoms with Gasteiger partial charge in [-0.1, -0.05) is 19.4 Å². The molecule has 0 spiro atoms. The van der Waals surface area contributed by atoms with Crippen molar-refractivity contribution >= 4 is 5.97 Å². The number of esters is 1. The van der Waals surface area contributed by atoms with Crippen LogP contribution in [0.5, 0.6) is 11.5 Å². The van der Waals surface area contributed by atoms with Crippen molar-refractivity contribution < 1.29 is 19.0 Å². The Hall–Kier alpha value is -1.75. The van der Waals surface area contributed by atoms with E-state index < -0.39 is 0 Å². The molecule has 0 radical (unpaired) electrons. The Morgan fingerprint density at radius 1 is 1.33 bits per heavy atom. The number of hydrogen-bond acceptors (Lipinski definition) is 5. The van der Waals surface area contributed by atoms with Crippen LogP contribution in [0.1, 0.15) is 32.3 Å². The molecule has 0 heterocycles. The SMILES string of the molecule is CCCCOC(=O)COc1ccc(CC(C)N)cc1OC. The monoisotopic (exact) mass is 295 g/mol. The highest BCUT2D eigenvalue weighted by atomic mass is 16.6. The fraction of sp³-hybridized carbons (Fsp3) is 0.562. The predicted molar refractivity (Wildman–Crippen MR) is 81.7 cm³/mol. The van der Waals surface area contributed by atoms with Crippen LogP contribution < -0.4 is 15.2 Å². The zero-order valence-corrected chi connectivity index (χ0v) is 13.1. The highest BCUT2D eigenvalue weighted by Gasteiger charge is 2.10. The van der Waals surface area contributed by atoms with Gasteiger partial charge in [-0.05, 0) is 37.5 Å². The van der Waals surface area contributed by atoms with E-state index in [1.54, 1.807) is 13.2 Å². The second-order valence-electron chi connectivity index (χ2n) is 5.03. The van der Waals surface area contributed by atoms with Crippen LogP contribution in [0.25, 0.3) is 0 Å². The molecule has 0 amide bonds. The minimum atomic E-state index is -0.370. The van der Waals surface area contributed by atoms with Crippen molar-refractivity contribution in [2.75, 3.05) is 20.3 Å². The average molecular weight is 295 g/mol. The van der Waals surface area contributed by atoms with Crippen LogP contribution in [0.4, 0.5) is 0 Å². The number of ether oxygens (including phenoxy) is 3. The van der Waals surface area contributed by atoms with Crippen molar-refractivity contribution in [3.8, 4) is 11.5 Å². The number of rotatable bonds is 9. The van der Waals surface area contributed by atoms with Crippen LogP contribution in [0.3, 0.4) is 0 Å². The summed E-state index contributed by atoms with van der Waals surface area (Å²) in [7, 11) is 1.57. The zero-order chi connectivity index (χ0) is 15.7. The molecule has 0 aliphatic carbocycles. The van der Waals surface area contributed by atoms with Gasteiger partial charge in [0.25, 0.3) is 0 Å². The maximum atomic E-state index is 11.5. The predicted octanol–water partition coefficient (Wildman–Crippen LogP) is 2.31. The van der Waals surface area contributed by atoms with Crippen LogP contribution in [-0.4, -0.2) is 32.3 Å². The van der Waals surface area contributed by atoms with Crippen LogP contribution >= 0.6 is 0 Å². The summed E-state index contributed by atoms with van der Waals surface area (Å²) in [6.45, 7) is 4.30. The Morgan fingerprint density at radius 2 is 2.10 bits per heavy atom. The molecule has 1 unspecified atom stereocenters. The van der Waals surface area contributed by atoms with Crippen LogP contribution in [0.2, 0.25) is 0 Å². The number of nitrogens with two attached hydrogens (primary N) is 1. The highest BCUT2D eigenvalue weighted by molar-refractivity contribution is 5.71. The molecule has 1 rings (SSSR count). The Bertz CT molecular complexity index is 446. The van der Waals surface area contributed by atoms with Crippen LogP contribution in [0, 0.1) is 0 Å². The first-order valence-electron chi connectivity index (χ1n) is 7.27. The molecule has 0 saturated carbocycles. The van der Waals surface area contributed by atoms with E-state index in [4.69, 9.17) is 19.9 Å². The van der Waals surface area contributed by atoms with Crippen molar-refractivity contribution in [2.24, 2.45) is 5.73 Å². The van der Waals surface area contributed by atoms with E-state index in [-0.39, 0.29) is 18.6 Å². The van der Waals surface area contributed by atoms with Crippen LogP contribution in [-0.2, 0) is 16.0 Å². The number of hydrogen-bond donors (Lipinski definition) is 1. The Labute approximate surface area is 126 Å². The topological polar surface area (TPSA) is 70.8 Å². The third-order valence-corrected chi connectivity index (χ3v) is 2.89. The summed E-state index contributed by atoms with van der Waals surface area (Å²) in [4.78, 5) is 11.5. The molecule has 0 fully saturated rings. The fourth-order valence-electron chi connectivity index (χ4n) is 1.84. The summed E-state index contributed by atoms with van der Waals surface area (Å²) in [5.41, 5.74) is 6.85. The van der Waals surface area contributed by atoms with Gasteiger partial charge in [0.15, 0.2) is 18.1 Å². The summed E-state index contributed by atoms with van der Waals surface area (Å²) in [6, 6.07) is 5.66. The first kappa shape index (κ1) is 17.3. The maximum Gasteiger partial charge on any atom is 0.344 e. The van der Waals surface area contributed by atoms with Crippen molar-refractivity contribution in [2.45, 2.75) is 39.2 Å². The second kappa shape index (κ2) is 9.23. The van der Waals surface area contributed by atoms with Gasteiger partial charge >= 0.3 is 5.97 Å². The van der Waals surface area contributed by atoms with Gasteiger partial charge in [0.05, 0.1) is 13.7 Å². The van der Waals surface area contributed by atoms with Gasteiger partial charge in [-0.2, -0.15) is 0 Å². The largest absolute Gasteiger partial charge is 0.493 e. The molecule has 0 saturated heterocycles. The summed E-state index contributed by atoms with van der Waals surface area (Å²) < 4.78 is 15.8. The Balaban J connectivity index is 2.56. The van der Waals surface area contributed by atoms with Gasteiger partial charge in [0.1, 0.15) is 0 Å². The third-order valence-electron chi connectivity index (χ3n) is 2.89. The van der Waals surface area contributed by atoms with E-state index in [9.17, 15) is 4.79 Å². The molecule has 0 aliphatic rings. The summed E-state index contributed by atoms with van der Waals surface area (Å²) in [5, 5.41) is 0. The molecule has 1 atom stereocenters. The van der Waals surface area contributed by atoms with E-state index in [0.29, 0.717) is 18.1 Å². The number of methoxy groups -OCH3 is 1. The molecule has 1 aromatic carbocycles. The Kier molecular flexibility index (Phi) is 7.61. The first-order chi connectivity index (χ1) is 10.1. The molecule has 5 nitrogen and oxygen atoms in total. The smallest absolute Gasteiger partial charge is 0.344 e. The molecule has 0 bridgehead atoms. The van der Waals surface area contributed by atoms with E-state index in [1.165, 1.54) is 0 Å². The number of unbranched alkanes of at least 4 members (excludes halogenated alkanes) is 1. The molecule has 2 N–H and O–H groups in total. The lowest BCUT2D eigenvalue weighted by molar-refractivity contribution is -0.146.